The third kappa shape index (κ3) is 3.18. The van der Waals surface area contributed by atoms with Crippen molar-refractivity contribution in [3.63, 3.8) is 0 Å². The Bertz CT molecular complexity index is 546. The molecule has 0 N–H and O–H groups in total. The summed E-state index contributed by atoms with van der Waals surface area (Å²) in [7, 11) is 0. The molecule has 2 aromatic rings. The van der Waals surface area contributed by atoms with Crippen molar-refractivity contribution in [3.8, 4) is 0 Å². The molecule has 92 valence electrons. The fourth-order valence-electron chi connectivity index (χ4n) is 1.32. The van der Waals surface area contributed by atoms with E-state index < -0.39 is 5.97 Å². The van der Waals surface area contributed by atoms with E-state index >= 15 is 0 Å². The molecule has 3 nitrogen and oxygen atoms in total. The summed E-state index contributed by atoms with van der Waals surface area (Å²) in [6.07, 6.45) is 0. The van der Waals surface area contributed by atoms with Gasteiger partial charge in [-0.05, 0) is 35.7 Å². The molecular formula is C13H9ClO3S. The quantitative estimate of drug-likeness (QED) is 0.636. The maximum Gasteiger partial charge on any atom is 0.348 e. The van der Waals surface area contributed by atoms with Gasteiger partial charge in [0.05, 0.1) is 0 Å². The predicted molar refractivity (Wildman–Crippen MR) is 70.4 cm³/mol. The molecule has 0 radical (unpaired) electrons. The van der Waals surface area contributed by atoms with E-state index in [1.807, 2.05) is 0 Å². The lowest BCUT2D eigenvalue weighted by molar-refractivity contribution is 0.0479. The van der Waals surface area contributed by atoms with Gasteiger partial charge in [-0.2, -0.15) is 0 Å². The maximum absolute atomic E-state index is 11.7. The molecule has 0 atom stereocenters. The van der Waals surface area contributed by atoms with Crippen LogP contribution in [0.3, 0.4) is 0 Å². The van der Waals surface area contributed by atoms with Gasteiger partial charge < -0.3 is 4.74 Å². The molecule has 2 rings (SSSR count). The number of ether oxygens (including phenoxy) is 1. The van der Waals surface area contributed by atoms with E-state index in [4.69, 9.17) is 16.3 Å². The highest BCUT2D eigenvalue weighted by Crippen LogP contribution is 2.12. The number of rotatable bonds is 4. The highest BCUT2D eigenvalue weighted by Gasteiger charge is 2.12. The molecule has 1 aromatic heterocycles. The number of thiophene rings is 1. The lowest BCUT2D eigenvalue weighted by Gasteiger charge is -2.03. The Labute approximate surface area is 113 Å². The molecule has 0 amide bonds. The molecule has 1 heterocycles. The number of esters is 1. The molecule has 0 saturated carbocycles. The van der Waals surface area contributed by atoms with Crippen molar-refractivity contribution in [1.82, 2.24) is 0 Å². The van der Waals surface area contributed by atoms with Crippen LogP contribution in [0.5, 0.6) is 0 Å². The highest BCUT2D eigenvalue weighted by atomic mass is 35.5. The number of carbonyl (C=O) groups excluding carboxylic acids is 2. The van der Waals surface area contributed by atoms with Gasteiger partial charge in [0.1, 0.15) is 4.88 Å². The van der Waals surface area contributed by atoms with Crippen LogP contribution in [0.15, 0.2) is 41.8 Å². The van der Waals surface area contributed by atoms with Crippen molar-refractivity contribution in [1.29, 1.82) is 0 Å². The van der Waals surface area contributed by atoms with Gasteiger partial charge in [0, 0.05) is 10.6 Å². The van der Waals surface area contributed by atoms with E-state index in [1.54, 1.807) is 41.8 Å². The largest absolute Gasteiger partial charge is 0.453 e. The molecule has 18 heavy (non-hydrogen) atoms. The normalized spacial score (nSPS) is 10.1. The van der Waals surface area contributed by atoms with Crippen molar-refractivity contribution < 1.29 is 14.3 Å². The molecule has 0 fully saturated rings. The van der Waals surface area contributed by atoms with E-state index in [0.29, 0.717) is 15.5 Å². The number of Topliss-reactive ketones (excluding diaryl/α,β-unsaturated/α-hetero) is 1. The van der Waals surface area contributed by atoms with Crippen LogP contribution in [0.4, 0.5) is 0 Å². The number of halogens is 1. The summed E-state index contributed by atoms with van der Waals surface area (Å²) >= 11 is 6.99. The molecule has 0 aliphatic rings. The van der Waals surface area contributed by atoms with Crippen LogP contribution in [-0.4, -0.2) is 18.4 Å². The first kappa shape index (κ1) is 12.8. The summed E-state index contributed by atoms with van der Waals surface area (Å²) in [6.45, 7) is -0.266. The summed E-state index contributed by atoms with van der Waals surface area (Å²) < 4.78 is 4.92. The van der Waals surface area contributed by atoms with E-state index in [9.17, 15) is 9.59 Å². The Hall–Kier alpha value is -1.65. The first-order valence-corrected chi connectivity index (χ1v) is 6.42. The van der Waals surface area contributed by atoms with Crippen LogP contribution in [0.25, 0.3) is 0 Å². The maximum atomic E-state index is 11.7. The van der Waals surface area contributed by atoms with Gasteiger partial charge in [-0.3, -0.25) is 4.79 Å². The Kier molecular flexibility index (Phi) is 4.12. The van der Waals surface area contributed by atoms with Gasteiger partial charge >= 0.3 is 5.97 Å². The second kappa shape index (κ2) is 5.80. The Morgan fingerprint density at radius 1 is 1.17 bits per heavy atom. The number of ketones is 1. The Balaban J connectivity index is 1.92. The smallest absolute Gasteiger partial charge is 0.348 e. The zero-order chi connectivity index (χ0) is 13.0. The van der Waals surface area contributed by atoms with Crippen molar-refractivity contribution in [2.75, 3.05) is 6.61 Å². The fraction of sp³-hybridized carbons (Fsp3) is 0.0769. The third-order valence-electron chi connectivity index (χ3n) is 2.22. The Morgan fingerprint density at radius 2 is 1.89 bits per heavy atom. The van der Waals surface area contributed by atoms with Gasteiger partial charge in [0.25, 0.3) is 0 Å². The molecule has 0 unspecified atom stereocenters. The van der Waals surface area contributed by atoms with Gasteiger partial charge in [0.15, 0.2) is 12.4 Å². The average molecular weight is 281 g/mol. The molecule has 5 heteroatoms. The zero-order valence-corrected chi connectivity index (χ0v) is 10.8. The van der Waals surface area contributed by atoms with E-state index in [-0.39, 0.29) is 12.4 Å². The minimum Gasteiger partial charge on any atom is -0.453 e. The lowest BCUT2D eigenvalue weighted by Crippen LogP contribution is -2.13. The van der Waals surface area contributed by atoms with Crippen molar-refractivity contribution in [3.05, 3.63) is 57.2 Å². The Morgan fingerprint density at radius 3 is 2.50 bits per heavy atom. The van der Waals surface area contributed by atoms with E-state index in [2.05, 4.69) is 0 Å². The molecule has 0 saturated heterocycles. The van der Waals surface area contributed by atoms with Crippen molar-refractivity contribution >= 4 is 34.7 Å². The molecule has 0 aliphatic heterocycles. The number of hydrogen-bond donors (Lipinski definition) is 0. The zero-order valence-electron chi connectivity index (χ0n) is 9.26. The van der Waals surface area contributed by atoms with Crippen LogP contribution >= 0.6 is 22.9 Å². The highest BCUT2D eigenvalue weighted by molar-refractivity contribution is 7.11. The average Bonchev–Trinajstić information content (AvgIpc) is 2.90. The minimum atomic E-state index is -0.479. The van der Waals surface area contributed by atoms with Crippen molar-refractivity contribution in [2.45, 2.75) is 0 Å². The van der Waals surface area contributed by atoms with Gasteiger partial charge in [-0.15, -0.1) is 11.3 Å². The second-order valence-corrected chi connectivity index (χ2v) is 4.87. The first-order valence-electron chi connectivity index (χ1n) is 5.16. The molecule has 0 aliphatic carbocycles. The topological polar surface area (TPSA) is 43.4 Å². The molecular weight excluding hydrogens is 272 g/mol. The van der Waals surface area contributed by atoms with Crippen molar-refractivity contribution in [2.24, 2.45) is 0 Å². The fourth-order valence-corrected chi connectivity index (χ4v) is 2.06. The van der Waals surface area contributed by atoms with Crippen LogP contribution in [0.2, 0.25) is 5.02 Å². The number of carbonyl (C=O) groups is 2. The molecule has 1 aromatic carbocycles. The van der Waals surface area contributed by atoms with Crippen LogP contribution in [0.1, 0.15) is 20.0 Å². The monoisotopic (exact) mass is 280 g/mol. The van der Waals surface area contributed by atoms with E-state index in [0.717, 1.165) is 0 Å². The standard InChI is InChI=1S/C13H9ClO3S/c14-10-5-3-9(4-6-10)11(15)8-17-13(16)12-2-1-7-18-12/h1-7H,8H2. The SMILES string of the molecule is O=C(COC(=O)c1cccs1)c1ccc(Cl)cc1. The molecule has 0 spiro atoms. The third-order valence-corrected chi connectivity index (χ3v) is 3.32. The summed E-state index contributed by atoms with van der Waals surface area (Å²) in [5.74, 6) is -0.733. The predicted octanol–water partition coefficient (Wildman–Crippen LogP) is 3.44. The second-order valence-electron chi connectivity index (χ2n) is 3.48. The first-order chi connectivity index (χ1) is 8.66. The minimum absolute atomic E-state index is 0.253. The summed E-state index contributed by atoms with van der Waals surface area (Å²) in [5.41, 5.74) is 0.471. The van der Waals surface area contributed by atoms with E-state index in [1.165, 1.54) is 11.3 Å². The van der Waals surface area contributed by atoms with Crippen LogP contribution < -0.4 is 0 Å². The van der Waals surface area contributed by atoms with Crippen LogP contribution in [-0.2, 0) is 4.74 Å². The number of benzene rings is 1. The summed E-state index contributed by atoms with van der Waals surface area (Å²) in [6, 6.07) is 9.85. The lowest BCUT2D eigenvalue weighted by atomic mass is 10.1. The summed E-state index contributed by atoms with van der Waals surface area (Å²) in [5, 5.41) is 2.33. The summed E-state index contributed by atoms with van der Waals surface area (Å²) in [4.78, 5) is 23.7. The van der Waals surface area contributed by atoms with Gasteiger partial charge in [-0.25, -0.2) is 4.79 Å². The van der Waals surface area contributed by atoms with Crippen LogP contribution in [0, 0.1) is 0 Å². The number of hydrogen-bond acceptors (Lipinski definition) is 4. The molecule has 0 bridgehead atoms. The van der Waals surface area contributed by atoms with Gasteiger partial charge in [0.2, 0.25) is 0 Å². The van der Waals surface area contributed by atoms with Gasteiger partial charge in [-0.1, -0.05) is 17.7 Å².